The lowest BCUT2D eigenvalue weighted by Gasteiger charge is -2.48. The quantitative estimate of drug-likeness (QED) is 0.521. The van der Waals surface area contributed by atoms with Crippen molar-refractivity contribution < 1.29 is 4.79 Å². The van der Waals surface area contributed by atoms with Gasteiger partial charge in [-0.3, -0.25) is 15.5 Å². The van der Waals surface area contributed by atoms with E-state index < -0.39 is 0 Å². The smallest absolute Gasteiger partial charge is 0.230 e. The molecule has 2 aliphatic carbocycles. The normalized spacial score (nSPS) is 42.2. The molecule has 2 saturated carbocycles. The lowest BCUT2D eigenvalue weighted by atomic mass is 9.66. The van der Waals surface area contributed by atoms with Gasteiger partial charge in [-0.25, -0.2) is 4.99 Å². The predicted octanol–water partition coefficient (Wildman–Crippen LogP) is 2.85. The third kappa shape index (κ3) is 5.73. The van der Waals surface area contributed by atoms with E-state index in [-0.39, 0.29) is 11.8 Å². The molecule has 1 amide bonds. The zero-order valence-electron chi connectivity index (χ0n) is 20.8. The van der Waals surface area contributed by atoms with Crippen molar-refractivity contribution in [2.24, 2.45) is 40.5 Å². The van der Waals surface area contributed by atoms with Gasteiger partial charge in [0.25, 0.3) is 0 Å². The van der Waals surface area contributed by atoms with Crippen LogP contribution < -0.4 is 21.4 Å². The number of piperidine rings is 2. The minimum atomic E-state index is 0.0867. The van der Waals surface area contributed by atoms with Gasteiger partial charge in [0.2, 0.25) is 11.9 Å². The molecule has 7 heteroatoms. The van der Waals surface area contributed by atoms with Gasteiger partial charge in [0.1, 0.15) is 6.67 Å². The van der Waals surface area contributed by atoms with Crippen molar-refractivity contribution in [2.75, 3.05) is 26.3 Å². The number of carbonyl (C=O) groups is 1. The number of aliphatic imine (C=N–C) groups is 1. The topological polar surface area (TPSA) is 80.8 Å². The second-order valence-corrected chi connectivity index (χ2v) is 12.0. The van der Waals surface area contributed by atoms with Crippen LogP contribution in [-0.4, -0.2) is 55.3 Å². The van der Waals surface area contributed by atoms with Crippen molar-refractivity contribution in [1.29, 1.82) is 0 Å². The molecule has 3 heterocycles. The van der Waals surface area contributed by atoms with Crippen molar-refractivity contribution in [3.05, 3.63) is 0 Å². The first-order valence-corrected chi connectivity index (χ1v) is 13.9. The Morgan fingerprint density at radius 3 is 2.73 bits per heavy atom. The summed E-state index contributed by atoms with van der Waals surface area (Å²) in [6.07, 6.45) is 12.5. The fourth-order valence-electron chi connectivity index (χ4n) is 7.51. The Morgan fingerprint density at radius 1 is 1.03 bits per heavy atom. The Labute approximate surface area is 200 Å². The molecule has 2 saturated heterocycles. The fourth-order valence-corrected chi connectivity index (χ4v) is 7.51. The highest BCUT2D eigenvalue weighted by molar-refractivity contribution is 5.98. The summed E-state index contributed by atoms with van der Waals surface area (Å²) in [6, 6.07) is 0.937. The van der Waals surface area contributed by atoms with E-state index in [0.717, 1.165) is 44.3 Å². The molecule has 0 spiro atoms. The highest BCUT2D eigenvalue weighted by Gasteiger charge is 2.45. The van der Waals surface area contributed by atoms with E-state index in [4.69, 9.17) is 0 Å². The number of amides is 1. The first-order chi connectivity index (χ1) is 16.0. The summed E-state index contributed by atoms with van der Waals surface area (Å²) in [6.45, 7) is 8.63. The molecule has 186 valence electrons. The van der Waals surface area contributed by atoms with Gasteiger partial charge in [-0.1, -0.05) is 26.7 Å². The first-order valence-electron chi connectivity index (χ1n) is 13.9. The number of nitrogens with one attached hydrogen (secondary N) is 4. The highest BCUT2D eigenvalue weighted by Crippen LogP contribution is 2.41. The lowest BCUT2D eigenvalue weighted by molar-refractivity contribution is -0.128. The number of hydrogen-bond acceptors (Lipinski definition) is 6. The largest absolute Gasteiger partial charge is 0.316 e. The molecule has 0 radical (unpaired) electrons. The van der Waals surface area contributed by atoms with Crippen LogP contribution >= 0.6 is 0 Å². The molecule has 0 aromatic heterocycles. The molecule has 5 aliphatic rings. The zero-order chi connectivity index (χ0) is 22.8. The number of guanidine groups is 1. The van der Waals surface area contributed by atoms with Gasteiger partial charge in [-0.05, 0) is 94.0 Å². The summed E-state index contributed by atoms with van der Waals surface area (Å²) in [7, 11) is 0. The molecule has 7 nitrogen and oxygen atoms in total. The first kappa shape index (κ1) is 23.6. The Kier molecular flexibility index (Phi) is 7.57. The number of fused-ring (bicyclic) bond motifs is 1. The van der Waals surface area contributed by atoms with Gasteiger partial charge in [0.05, 0.1) is 0 Å². The Hall–Kier alpha value is -1.18. The lowest BCUT2D eigenvalue weighted by Crippen LogP contribution is -2.60. The van der Waals surface area contributed by atoms with E-state index >= 15 is 0 Å². The van der Waals surface area contributed by atoms with E-state index in [9.17, 15) is 4.79 Å². The molecular formula is C26H46N6O. The Morgan fingerprint density at radius 2 is 1.91 bits per heavy atom. The van der Waals surface area contributed by atoms with E-state index in [0.29, 0.717) is 42.5 Å². The minimum Gasteiger partial charge on any atom is -0.316 e. The molecule has 0 aromatic rings. The average Bonchev–Trinajstić information content (AvgIpc) is 3.25. The van der Waals surface area contributed by atoms with Crippen molar-refractivity contribution in [3.63, 3.8) is 0 Å². The summed E-state index contributed by atoms with van der Waals surface area (Å²) in [5.74, 6) is 4.32. The number of hydrogen-bond donors (Lipinski definition) is 4. The van der Waals surface area contributed by atoms with Gasteiger partial charge < -0.3 is 10.6 Å². The Balaban J connectivity index is 1.18. The van der Waals surface area contributed by atoms with Crippen LogP contribution in [0.1, 0.15) is 78.1 Å². The molecule has 0 aromatic carbocycles. The van der Waals surface area contributed by atoms with Crippen LogP contribution in [0.25, 0.3) is 0 Å². The maximum atomic E-state index is 13.6. The maximum absolute atomic E-state index is 13.6. The van der Waals surface area contributed by atoms with Crippen molar-refractivity contribution >= 4 is 11.9 Å². The molecule has 3 aliphatic heterocycles. The van der Waals surface area contributed by atoms with Gasteiger partial charge in [-0.15, -0.1) is 0 Å². The molecule has 0 bridgehead atoms. The summed E-state index contributed by atoms with van der Waals surface area (Å²) < 4.78 is 0. The van der Waals surface area contributed by atoms with Crippen LogP contribution in [0, 0.1) is 35.5 Å². The fraction of sp³-hybridized carbons (Fsp3) is 0.923. The zero-order valence-corrected chi connectivity index (χ0v) is 20.8. The predicted molar refractivity (Wildman–Crippen MR) is 132 cm³/mol. The van der Waals surface area contributed by atoms with E-state index in [2.05, 4.69) is 45.2 Å². The van der Waals surface area contributed by atoms with Crippen LogP contribution in [0.5, 0.6) is 0 Å². The summed E-state index contributed by atoms with van der Waals surface area (Å²) in [5.41, 5.74) is 3.40. The monoisotopic (exact) mass is 458 g/mol. The average molecular weight is 459 g/mol. The number of carbonyl (C=O) groups excluding carboxylic acids is 1. The van der Waals surface area contributed by atoms with Gasteiger partial charge >= 0.3 is 0 Å². The molecule has 8 unspecified atom stereocenters. The SMILES string of the molecule is CC1CCCC(CN2CN=C(NC(=O)C3CC(C4CCCNC4)NC4CCC(C)CC43)N2)C1. The van der Waals surface area contributed by atoms with Gasteiger partial charge in [-0.2, -0.15) is 5.01 Å². The number of rotatable bonds is 4. The molecule has 5 rings (SSSR count). The number of nitrogens with zero attached hydrogens (tertiary/aromatic N) is 2. The highest BCUT2D eigenvalue weighted by atomic mass is 16.2. The van der Waals surface area contributed by atoms with Crippen LogP contribution in [0.4, 0.5) is 0 Å². The van der Waals surface area contributed by atoms with Gasteiger partial charge in [0, 0.05) is 24.5 Å². The minimum absolute atomic E-state index is 0.0867. The van der Waals surface area contributed by atoms with Crippen LogP contribution in [0.15, 0.2) is 4.99 Å². The molecule has 33 heavy (non-hydrogen) atoms. The molecular weight excluding hydrogens is 412 g/mol. The molecule has 4 fully saturated rings. The molecule has 4 N–H and O–H groups in total. The third-order valence-electron chi connectivity index (χ3n) is 9.28. The van der Waals surface area contributed by atoms with E-state index in [1.54, 1.807) is 0 Å². The maximum Gasteiger partial charge on any atom is 0.230 e. The summed E-state index contributed by atoms with van der Waals surface area (Å²) in [4.78, 5) is 18.2. The second-order valence-electron chi connectivity index (χ2n) is 12.0. The van der Waals surface area contributed by atoms with Crippen molar-refractivity contribution in [1.82, 2.24) is 26.4 Å². The summed E-state index contributed by atoms with van der Waals surface area (Å²) >= 11 is 0. The van der Waals surface area contributed by atoms with Crippen molar-refractivity contribution in [2.45, 2.75) is 90.1 Å². The van der Waals surface area contributed by atoms with Crippen LogP contribution in [-0.2, 0) is 4.79 Å². The van der Waals surface area contributed by atoms with Crippen molar-refractivity contribution in [3.8, 4) is 0 Å². The Bertz CT molecular complexity index is 707. The summed E-state index contributed by atoms with van der Waals surface area (Å²) in [5, 5.41) is 13.0. The van der Waals surface area contributed by atoms with Gasteiger partial charge in [0.15, 0.2) is 0 Å². The van der Waals surface area contributed by atoms with E-state index in [1.165, 1.54) is 51.4 Å². The van der Waals surface area contributed by atoms with Crippen LogP contribution in [0.3, 0.4) is 0 Å². The van der Waals surface area contributed by atoms with Crippen LogP contribution in [0.2, 0.25) is 0 Å². The standard InChI is InChI=1S/C26H46N6O/c1-17-5-3-6-19(11-17)15-32-16-28-26(31-32)30-25(33)22-13-24(20-7-4-10-27-14-20)29-23-9-8-18(2)12-21(22)23/h17-24,27,29H,3-16H2,1-2H3,(H2,28,30,31,33). The number of hydrazine groups is 1. The molecule has 8 atom stereocenters. The third-order valence-corrected chi connectivity index (χ3v) is 9.28. The van der Waals surface area contributed by atoms with E-state index in [1.807, 2.05) is 0 Å². The second kappa shape index (κ2) is 10.6.